The average Bonchev–Trinajstić information content (AvgIpc) is 2.37. The molecule has 0 aliphatic rings. The maximum atomic E-state index is 11.6. The summed E-state index contributed by atoms with van der Waals surface area (Å²) in [7, 11) is 0. The molecule has 5 nitrogen and oxygen atoms in total. The Morgan fingerprint density at radius 3 is 2.29 bits per heavy atom. The van der Waals surface area contributed by atoms with Gasteiger partial charge in [0.2, 0.25) is 0 Å². The topological polar surface area (TPSA) is 79.9 Å². The Balaban J connectivity index is 2.48. The molecule has 0 radical (unpaired) electrons. The van der Waals surface area contributed by atoms with Crippen LogP contribution in [0.4, 0.5) is 4.79 Å². The zero-order valence-corrected chi connectivity index (χ0v) is 9.26. The van der Waals surface area contributed by atoms with Crippen LogP contribution in [0.1, 0.15) is 5.56 Å². The van der Waals surface area contributed by atoms with Crippen molar-refractivity contribution in [2.45, 2.75) is 6.54 Å². The van der Waals surface area contributed by atoms with Gasteiger partial charge in [0.05, 0.1) is 12.1 Å². The number of hydrogen-bond donors (Lipinski definition) is 1. The minimum atomic E-state index is -0.406. The van der Waals surface area contributed by atoms with Gasteiger partial charge in [0, 0.05) is 6.54 Å². The molecule has 0 atom stereocenters. The Labute approximate surface area is 99.9 Å². The lowest BCUT2D eigenvalue weighted by Gasteiger charge is -2.16. The number of benzene rings is 1. The summed E-state index contributed by atoms with van der Waals surface area (Å²) in [6, 6.07) is 12.7. The van der Waals surface area contributed by atoms with Gasteiger partial charge in [-0.15, -0.1) is 0 Å². The van der Waals surface area contributed by atoms with Crippen LogP contribution in [0.2, 0.25) is 0 Å². The van der Waals surface area contributed by atoms with E-state index in [9.17, 15) is 4.79 Å². The molecule has 0 fully saturated rings. The number of amides is 2. The van der Waals surface area contributed by atoms with Crippen LogP contribution in [0.25, 0.3) is 0 Å². The van der Waals surface area contributed by atoms with E-state index < -0.39 is 6.03 Å². The van der Waals surface area contributed by atoms with Gasteiger partial charge in [0.1, 0.15) is 13.1 Å². The molecule has 1 rings (SSSR count). The Morgan fingerprint density at radius 1 is 1.18 bits per heavy atom. The predicted octanol–water partition coefficient (Wildman–Crippen LogP) is 1.25. The first kappa shape index (κ1) is 12.5. The first-order valence-corrected chi connectivity index (χ1v) is 5.08. The molecule has 0 bridgehead atoms. The van der Waals surface area contributed by atoms with Gasteiger partial charge in [-0.3, -0.25) is 4.90 Å². The fourth-order valence-electron chi connectivity index (χ4n) is 1.26. The summed E-state index contributed by atoms with van der Waals surface area (Å²) in [4.78, 5) is 12.8. The molecule has 1 N–H and O–H groups in total. The molecular formula is C12H12N4O. The van der Waals surface area contributed by atoms with Crippen molar-refractivity contribution in [2.75, 3.05) is 13.1 Å². The molecule has 0 saturated heterocycles. The lowest BCUT2D eigenvalue weighted by atomic mass is 10.2. The van der Waals surface area contributed by atoms with Gasteiger partial charge in [-0.2, -0.15) is 10.5 Å². The van der Waals surface area contributed by atoms with Crippen LogP contribution in [-0.2, 0) is 6.54 Å². The highest BCUT2D eigenvalue weighted by molar-refractivity contribution is 5.74. The molecule has 0 aliphatic carbocycles. The molecule has 0 aromatic heterocycles. The molecule has 0 unspecified atom stereocenters. The second-order valence-electron chi connectivity index (χ2n) is 3.32. The van der Waals surface area contributed by atoms with Gasteiger partial charge >= 0.3 is 6.03 Å². The lowest BCUT2D eigenvalue weighted by molar-refractivity contribution is 0.209. The van der Waals surface area contributed by atoms with Crippen molar-refractivity contribution >= 4 is 6.03 Å². The summed E-state index contributed by atoms with van der Waals surface area (Å²) in [6.45, 7) is 0.204. The van der Waals surface area contributed by atoms with Crippen molar-refractivity contribution in [3.63, 3.8) is 0 Å². The maximum absolute atomic E-state index is 11.6. The van der Waals surface area contributed by atoms with Crippen LogP contribution in [-0.4, -0.2) is 24.0 Å². The standard InChI is InChI=1S/C12H12N4O/c13-6-8-16(9-7-14)12(17)15-10-11-4-2-1-3-5-11/h1-5H,8-10H2,(H,15,17). The SMILES string of the molecule is N#CCN(CC#N)C(=O)NCc1ccccc1. The third kappa shape index (κ3) is 4.23. The third-order valence-electron chi connectivity index (χ3n) is 2.10. The molecule has 86 valence electrons. The van der Waals surface area contributed by atoms with Gasteiger partial charge in [-0.25, -0.2) is 4.79 Å². The van der Waals surface area contributed by atoms with E-state index in [1.54, 1.807) is 0 Å². The normalized spacial score (nSPS) is 8.82. The third-order valence-corrected chi connectivity index (χ3v) is 2.10. The Morgan fingerprint density at radius 2 is 1.76 bits per heavy atom. The highest BCUT2D eigenvalue weighted by Gasteiger charge is 2.11. The summed E-state index contributed by atoms with van der Waals surface area (Å²) < 4.78 is 0. The second kappa shape index (κ2) is 6.86. The van der Waals surface area contributed by atoms with Gasteiger partial charge in [0.25, 0.3) is 0 Å². The van der Waals surface area contributed by atoms with Crippen molar-refractivity contribution in [3.8, 4) is 12.1 Å². The number of carbonyl (C=O) groups is 1. The summed E-state index contributed by atoms with van der Waals surface area (Å²) in [5, 5.41) is 19.7. The molecule has 2 amide bonds. The number of nitrogens with one attached hydrogen (secondary N) is 1. The van der Waals surface area contributed by atoms with Crippen molar-refractivity contribution in [1.82, 2.24) is 10.2 Å². The molecule has 1 aromatic carbocycles. The van der Waals surface area contributed by atoms with Crippen LogP contribution in [0.3, 0.4) is 0 Å². The highest BCUT2D eigenvalue weighted by Crippen LogP contribution is 1.98. The Bertz CT molecular complexity index is 428. The second-order valence-corrected chi connectivity index (χ2v) is 3.32. The summed E-state index contributed by atoms with van der Waals surface area (Å²) in [5.41, 5.74) is 0.967. The van der Waals surface area contributed by atoms with Gasteiger partial charge < -0.3 is 5.32 Å². The van der Waals surface area contributed by atoms with Crippen molar-refractivity contribution in [3.05, 3.63) is 35.9 Å². The summed E-state index contributed by atoms with van der Waals surface area (Å²) in [5.74, 6) is 0. The lowest BCUT2D eigenvalue weighted by Crippen LogP contribution is -2.40. The van der Waals surface area contributed by atoms with Gasteiger partial charge in [-0.1, -0.05) is 30.3 Å². The minimum absolute atomic E-state index is 0.0891. The first-order valence-electron chi connectivity index (χ1n) is 5.08. The number of hydrogen-bond acceptors (Lipinski definition) is 3. The van der Waals surface area contributed by atoms with Gasteiger partial charge in [0.15, 0.2) is 0 Å². The first-order chi connectivity index (χ1) is 8.27. The quantitative estimate of drug-likeness (QED) is 0.787. The molecule has 5 heteroatoms. The number of carbonyl (C=O) groups excluding carboxylic acids is 1. The number of urea groups is 1. The van der Waals surface area contributed by atoms with E-state index in [-0.39, 0.29) is 13.1 Å². The van der Waals surface area contributed by atoms with Crippen molar-refractivity contribution in [2.24, 2.45) is 0 Å². The number of rotatable bonds is 4. The highest BCUT2D eigenvalue weighted by atomic mass is 16.2. The van der Waals surface area contributed by atoms with E-state index in [0.29, 0.717) is 6.54 Å². The van der Waals surface area contributed by atoms with E-state index in [0.717, 1.165) is 10.5 Å². The largest absolute Gasteiger partial charge is 0.334 e. The van der Waals surface area contributed by atoms with E-state index in [1.165, 1.54) is 0 Å². The van der Waals surface area contributed by atoms with Crippen LogP contribution in [0.15, 0.2) is 30.3 Å². The van der Waals surface area contributed by atoms with Crippen LogP contribution >= 0.6 is 0 Å². The van der Waals surface area contributed by atoms with Gasteiger partial charge in [-0.05, 0) is 5.56 Å². The summed E-state index contributed by atoms with van der Waals surface area (Å²) >= 11 is 0. The number of nitriles is 2. The van der Waals surface area contributed by atoms with E-state index in [2.05, 4.69) is 5.32 Å². The molecule has 17 heavy (non-hydrogen) atoms. The van der Waals surface area contributed by atoms with Crippen LogP contribution in [0.5, 0.6) is 0 Å². The zero-order valence-electron chi connectivity index (χ0n) is 9.26. The van der Waals surface area contributed by atoms with Crippen molar-refractivity contribution in [1.29, 1.82) is 10.5 Å². The van der Waals surface area contributed by atoms with Crippen LogP contribution in [0, 0.1) is 22.7 Å². The number of nitrogens with zero attached hydrogens (tertiary/aromatic N) is 3. The Hall–Kier alpha value is -2.53. The molecule has 0 aliphatic heterocycles. The molecular weight excluding hydrogens is 216 g/mol. The monoisotopic (exact) mass is 228 g/mol. The summed E-state index contributed by atoms with van der Waals surface area (Å²) in [6.07, 6.45) is 0. The molecule has 1 aromatic rings. The molecule has 0 heterocycles. The Kier molecular flexibility index (Phi) is 5.06. The fraction of sp³-hybridized carbons (Fsp3) is 0.250. The zero-order chi connectivity index (χ0) is 12.5. The average molecular weight is 228 g/mol. The maximum Gasteiger partial charge on any atom is 0.319 e. The van der Waals surface area contributed by atoms with Crippen LogP contribution < -0.4 is 5.32 Å². The van der Waals surface area contributed by atoms with E-state index in [1.807, 2.05) is 42.5 Å². The fourth-order valence-corrected chi connectivity index (χ4v) is 1.26. The predicted molar refractivity (Wildman–Crippen MR) is 61.5 cm³/mol. The van der Waals surface area contributed by atoms with Crippen molar-refractivity contribution < 1.29 is 4.79 Å². The van der Waals surface area contributed by atoms with E-state index >= 15 is 0 Å². The molecule has 0 spiro atoms. The smallest absolute Gasteiger partial charge is 0.319 e. The minimum Gasteiger partial charge on any atom is -0.334 e. The van der Waals surface area contributed by atoms with E-state index in [4.69, 9.17) is 10.5 Å². The molecule has 0 saturated carbocycles.